The van der Waals surface area contributed by atoms with E-state index in [1.165, 1.54) is 0 Å². The number of aromatic nitrogens is 4. The first-order valence-electron chi connectivity index (χ1n) is 13.6. The van der Waals surface area contributed by atoms with Crippen molar-refractivity contribution in [3.05, 3.63) is 112 Å². The van der Waals surface area contributed by atoms with Gasteiger partial charge in [0.05, 0.1) is 36.3 Å². The highest BCUT2D eigenvalue weighted by atomic mass is 32.1. The molecule has 0 amide bonds. The summed E-state index contributed by atoms with van der Waals surface area (Å²) in [5, 5.41) is 8.16. The Morgan fingerprint density at radius 3 is 2.64 bits per heavy atom. The molecule has 0 fully saturated rings. The topological polar surface area (TPSA) is 88.3 Å². The third-order valence-electron chi connectivity index (χ3n) is 6.70. The number of oxazole rings is 1. The van der Waals surface area contributed by atoms with E-state index in [4.69, 9.17) is 23.4 Å². The molecule has 8 nitrogen and oxygen atoms in total. The largest absolute Gasteiger partial charge is 0.493 e. The SMILES string of the molecule is CCc1nc(/C=C/c2cn(Cc3ccc(OCc4nc(-c5ccco5)oc4C)c(OC)c3)nc2-c2ccccc2)cs1. The van der Waals surface area contributed by atoms with Crippen LogP contribution in [0.4, 0.5) is 0 Å². The van der Waals surface area contributed by atoms with Crippen LogP contribution in [0.25, 0.3) is 35.1 Å². The molecule has 9 heteroatoms. The maximum Gasteiger partial charge on any atom is 0.263 e. The van der Waals surface area contributed by atoms with E-state index in [9.17, 15) is 0 Å². The van der Waals surface area contributed by atoms with Crippen LogP contribution < -0.4 is 9.47 Å². The molecule has 212 valence electrons. The minimum atomic E-state index is 0.236. The van der Waals surface area contributed by atoms with Crippen LogP contribution in [-0.4, -0.2) is 26.9 Å². The van der Waals surface area contributed by atoms with Crippen LogP contribution in [0.15, 0.2) is 87.3 Å². The number of furan rings is 1. The van der Waals surface area contributed by atoms with Crippen LogP contribution in [0.1, 0.15) is 40.2 Å². The lowest BCUT2D eigenvalue weighted by Gasteiger charge is -2.12. The van der Waals surface area contributed by atoms with Crippen LogP contribution in [0.3, 0.4) is 0 Å². The molecule has 0 spiro atoms. The van der Waals surface area contributed by atoms with Gasteiger partial charge in [-0.1, -0.05) is 43.3 Å². The number of nitrogens with zero attached hydrogens (tertiary/aromatic N) is 4. The lowest BCUT2D eigenvalue weighted by Crippen LogP contribution is -2.03. The predicted molar refractivity (Wildman–Crippen MR) is 163 cm³/mol. The number of aryl methyl sites for hydroxylation is 2. The lowest BCUT2D eigenvalue weighted by molar-refractivity contribution is 0.279. The molecule has 0 bridgehead atoms. The molecule has 2 aromatic carbocycles. The molecule has 6 aromatic rings. The Bertz CT molecular complexity index is 1800. The minimum absolute atomic E-state index is 0.236. The molecular formula is C33H30N4O4S. The van der Waals surface area contributed by atoms with E-state index in [1.54, 1.807) is 30.8 Å². The zero-order chi connectivity index (χ0) is 28.9. The van der Waals surface area contributed by atoms with Crippen LogP contribution >= 0.6 is 11.3 Å². The van der Waals surface area contributed by atoms with Crippen molar-refractivity contribution in [2.45, 2.75) is 33.4 Å². The van der Waals surface area contributed by atoms with Crippen molar-refractivity contribution in [2.75, 3.05) is 7.11 Å². The third kappa shape index (κ3) is 6.06. The predicted octanol–water partition coefficient (Wildman–Crippen LogP) is 7.93. The number of rotatable bonds is 11. The van der Waals surface area contributed by atoms with Gasteiger partial charge >= 0.3 is 0 Å². The van der Waals surface area contributed by atoms with Crippen LogP contribution in [0, 0.1) is 6.92 Å². The lowest BCUT2D eigenvalue weighted by atomic mass is 10.1. The number of thiazole rings is 1. The van der Waals surface area contributed by atoms with Crippen molar-refractivity contribution in [2.24, 2.45) is 0 Å². The van der Waals surface area contributed by atoms with Gasteiger partial charge in [-0.05, 0) is 55.3 Å². The highest BCUT2D eigenvalue weighted by molar-refractivity contribution is 7.09. The molecule has 0 saturated heterocycles. The summed E-state index contributed by atoms with van der Waals surface area (Å²) in [5.74, 6) is 2.93. The molecule has 6 rings (SSSR count). The molecule has 42 heavy (non-hydrogen) atoms. The van der Waals surface area contributed by atoms with Gasteiger partial charge in [0, 0.05) is 22.7 Å². The Morgan fingerprint density at radius 1 is 1.00 bits per heavy atom. The Kier molecular flexibility index (Phi) is 8.00. The van der Waals surface area contributed by atoms with Gasteiger partial charge in [0.2, 0.25) is 0 Å². The molecule has 4 aromatic heterocycles. The van der Waals surface area contributed by atoms with E-state index < -0.39 is 0 Å². The maximum absolute atomic E-state index is 6.08. The number of hydrogen-bond donors (Lipinski definition) is 0. The molecule has 0 aliphatic rings. The van der Waals surface area contributed by atoms with E-state index in [0.717, 1.165) is 39.5 Å². The minimum Gasteiger partial charge on any atom is -0.493 e. The van der Waals surface area contributed by atoms with Crippen molar-refractivity contribution >= 4 is 23.5 Å². The second-order valence-corrected chi connectivity index (χ2v) is 10.6. The molecule has 0 aliphatic carbocycles. The Labute approximate surface area is 247 Å². The van der Waals surface area contributed by atoms with Gasteiger partial charge < -0.3 is 18.3 Å². The first-order chi connectivity index (χ1) is 20.6. The van der Waals surface area contributed by atoms with Gasteiger partial charge in [0.15, 0.2) is 17.3 Å². The van der Waals surface area contributed by atoms with Gasteiger partial charge in [-0.25, -0.2) is 9.97 Å². The monoisotopic (exact) mass is 578 g/mol. The van der Waals surface area contributed by atoms with E-state index in [1.807, 2.05) is 60.1 Å². The average Bonchev–Trinajstić information content (AvgIpc) is 3.83. The fraction of sp³-hybridized carbons (Fsp3) is 0.182. The highest BCUT2D eigenvalue weighted by Gasteiger charge is 2.16. The van der Waals surface area contributed by atoms with Crippen LogP contribution in [-0.2, 0) is 19.6 Å². The van der Waals surface area contributed by atoms with Crippen molar-refractivity contribution in [3.8, 4) is 34.4 Å². The summed E-state index contributed by atoms with van der Waals surface area (Å²) >= 11 is 1.68. The molecule has 4 heterocycles. The Balaban J connectivity index is 1.20. The summed E-state index contributed by atoms with van der Waals surface area (Å²) in [5.41, 5.74) is 5.69. The summed E-state index contributed by atoms with van der Waals surface area (Å²) in [6.45, 7) is 4.78. The smallest absolute Gasteiger partial charge is 0.263 e. The van der Waals surface area contributed by atoms with E-state index in [0.29, 0.717) is 41.1 Å². The summed E-state index contributed by atoms with van der Waals surface area (Å²) < 4.78 is 24.8. The second-order valence-electron chi connectivity index (χ2n) is 9.62. The summed E-state index contributed by atoms with van der Waals surface area (Å²) in [4.78, 5) is 9.19. The standard InChI is InChI=1S/C33H30N4O4S/c1-4-31-34-26(21-42-31)14-13-25-19-37(36-32(25)24-9-6-5-7-10-24)18-23-12-15-28(30(17-23)38-3)40-20-27-22(2)41-33(35-27)29-11-8-16-39-29/h5-17,19,21H,4,18,20H2,1-3H3/b14-13+. The fourth-order valence-corrected chi connectivity index (χ4v) is 5.24. The third-order valence-corrected chi connectivity index (χ3v) is 7.72. The first-order valence-corrected chi connectivity index (χ1v) is 14.5. The van der Waals surface area contributed by atoms with Crippen molar-refractivity contribution in [3.63, 3.8) is 0 Å². The Morgan fingerprint density at radius 2 is 1.88 bits per heavy atom. The molecule has 0 unspecified atom stereocenters. The van der Waals surface area contributed by atoms with Gasteiger partial charge in [0.25, 0.3) is 5.89 Å². The molecule has 0 atom stereocenters. The first kappa shape index (κ1) is 27.3. The number of benzene rings is 2. The van der Waals surface area contributed by atoms with Crippen molar-refractivity contribution < 1.29 is 18.3 Å². The van der Waals surface area contributed by atoms with Gasteiger partial charge in [-0.2, -0.15) is 5.10 Å². The maximum atomic E-state index is 6.08. The van der Waals surface area contributed by atoms with Crippen molar-refractivity contribution in [1.29, 1.82) is 0 Å². The summed E-state index contributed by atoms with van der Waals surface area (Å²) in [6.07, 6.45) is 8.72. The van der Waals surface area contributed by atoms with E-state index >= 15 is 0 Å². The van der Waals surface area contributed by atoms with E-state index in [-0.39, 0.29) is 6.61 Å². The van der Waals surface area contributed by atoms with Crippen molar-refractivity contribution in [1.82, 2.24) is 19.7 Å². The van der Waals surface area contributed by atoms with E-state index in [2.05, 4.69) is 46.7 Å². The normalized spacial score (nSPS) is 11.4. The zero-order valence-corrected chi connectivity index (χ0v) is 24.4. The summed E-state index contributed by atoms with van der Waals surface area (Å²) in [7, 11) is 1.63. The molecule has 0 N–H and O–H groups in total. The quantitative estimate of drug-likeness (QED) is 0.154. The van der Waals surface area contributed by atoms with Gasteiger partial charge in [0.1, 0.15) is 18.1 Å². The number of hydrogen-bond acceptors (Lipinski definition) is 8. The van der Waals surface area contributed by atoms with Crippen LogP contribution in [0.2, 0.25) is 0 Å². The summed E-state index contributed by atoms with van der Waals surface area (Å²) in [6, 6.07) is 19.7. The number of methoxy groups -OCH3 is 1. The fourth-order valence-electron chi connectivity index (χ4n) is 4.53. The molecular weight excluding hydrogens is 548 g/mol. The molecule has 0 aliphatic heterocycles. The zero-order valence-electron chi connectivity index (χ0n) is 23.6. The second kappa shape index (κ2) is 12.3. The molecule has 0 saturated carbocycles. The Hall–Kier alpha value is -4.89. The average molecular weight is 579 g/mol. The molecule has 0 radical (unpaired) electrons. The number of ether oxygens (including phenoxy) is 2. The van der Waals surface area contributed by atoms with Gasteiger partial charge in [-0.3, -0.25) is 4.68 Å². The van der Waals surface area contributed by atoms with Crippen LogP contribution in [0.5, 0.6) is 11.5 Å². The highest BCUT2D eigenvalue weighted by Crippen LogP contribution is 2.31. The van der Waals surface area contributed by atoms with Gasteiger partial charge in [-0.15, -0.1) is 11.3 Å².